The van der Waals surface area contributed by atoms with Gasteiger partial charge in [-0.25, -0.2) is 4.79 Å². The van der Waals surface area contributed by atoms with Gasteiger partial charge in [-0.3, -0.25) is 9.88 Å². The van der Waals surface area contributed by atoms with Crippen LogP contribution in [0.4, 0.5) is 4.79 Å². The van der Waals surface area contributed by atoms with Crippen molar-refractivity contribution in [2.75, 3.05) is 13.1 Å². The van der Waals surface area contributed by atoms with E-state index in [-0.39, 0.29) is 12.1 Å². The van der Waals surface area contributed by atoms with Crippen LogP contribution in [0.15, 0.2) is 24.5 Å². The summed E-state index contributed by atoms with van der Waals surface area (Å²) in [5.41, 5.74) is 0.804. The molecule has 0 bridgehead atoms. The summed E-state index contributed by atoms with van der Waals surface area (Å²) in [6.07, 6.45) is 5.40. The SMILES string of the molecule is CC(C)(C)OC(=O)NC1CCCN(Cc2ccncc2)C1. The summed E-state index contributed by atoms with van der Waals surface area (Å²) in [5.74, 6) is 0. The smallest absolute Gasteiger partial charge is 0.407 e. The molecular formula is C16H25N3O2. The minimum absolute atomic E-state index is 0.162. The molecule has 0 saturated carbocycles. The zero-order valence-corrected chi connectivity index (χ0v) is 13.1. The van der Waals surface area contributed by atoms with E-state index >= 15 is 0 Å². The first kappa shape index (κ1) is 15.8. The molecule has 2 rings (SSSR count). The average Bonchev–Trinajstić information content (AvgIpc) is 2.38. The van der Waals surface area contributed by atoms with Crippen LogP contribution in [0.2, 0.25) is 0 Å². The number of pyridine rings is 1. The quantitative estimate of drug-likeness (QED) is 0.930. The first-order chi connectivity index (χ1) is 9.92. The summed E-state index contributed by atoms with van der Waals surface area (Å²) < 4.78 is 5.32. The Kier molecular flexibility index (Phi) is 5.17. The lowest BCUT2D eigenvalue weighted by molar-refractivity contribution is 0.0470. The molecule has 2 heterocycles. The second kappa shape index (κ2) is 6.89. The van der Waals surface area contributed by atoms with Crippen LogP contribution in [0, 0.1) is 0 Å². The van der Waals surface area contributed by atoms with Gasteiger partial charge in [-0.15, -0.1) is 0 Å². The van der Waals surface area contributed by atoms with E-state index in [1.165, 1.54) is 5.56 Å². The van der Waals surface area contributed by atoms with Crippen molar-refractivity contribution in [3.8, 4) is 0 Å². The lowest BCUT2D eigenvalue weighted by atomic mass is 10.1. The molecule has 0 radical (unpaired) electrons. The highest BCUT2D eigenvalue weighted by Crippen LogP contribution is 2.14. The summed E-state index contributed by atoms with van der Waals surface area (Å²) in [4.78, 5) is 18.2. The van der Waals surface area contributed by atoms with E-state index in [1.54, 1.807) is 0 Å². The molecule has 1 aromatic rings. The lowest BCUT2D eigenvalue weighted by Gasteiger charge is -2.33. The highest BCUT2D eigenvalue weighted by Gasteiger charge is 2.24. The average molecular weight is 291 g/mol. The molecule has 116 valence electrons. The molecule has 1 saturated heterocycles. The zero-order valence-electron chi connectivity index (χ0n) is 13.1. The number of likely N-dealkylation sites (tertiary alicyclic amines) is 1. The Bertz CT molecular complexity index is 456. The molecule has 5 heteroatoms. The van der Waals surface area contributed by atoms with Crippen LogP contribution in [0.3, 0.4) is 0 Å². The number of amides is 1. The van der Waals surface area contributed by atoms with Crippen LogP contribution in [0.1, 0.15) is 39.2 Å². The summed E-state index contributed by atoms with van der Waals surface area (Å²) >= 11 is 0. The molecule has 0 aromatic carbocycles. The van der Waals surface area contributed by atoms with E-state index in [9.17, 15) is 4.79 Å². The van der Waals surface area contributed by atoms with Gasteiger partial charge in [-0.2, -0.15) is 0 Å². The number of hydrogen-bond acceptors (Lipinski definition) is 4. The van der Waals surface area contributed by atoms with Crippen LogP contribution in [0.25, 0.3) is 0 Å². The van der Waals surface area contributed by atoms with E-state index < -0.39 is 5.60 Å². The Morgan fingerprint density at radius 3 is 2.81 bits per heavy atom. The molecule has 0 spiro atoms. The van der Waals surface area contributed by atoms with Gasteiger partial charge in [0.05, 0.1) is 0 Å². The maximum absolute atomic E-state index is 11.8. The first-order valence-electron chi connectivity index (χ1n) is 7.53. The molecule has 21 heavy (non-hydrogen) atoms. The Hall–Kier alpha value is -1.62. The number of nitrogens with zero attached hydrogens (tertiary/aromatic N) is 2. The topological polar surface area (TPSA) is 54.5 Å². The number of ether oxygens (including phenoxy) is 1. The normalized spacial score (nSPS) is 20.0. The molecule has 1 aliphatic heterocycles. The van der Waals surface area contributed by atoms with Gasteiger partial charge in [-0.1, -0.05) is 0 Å². The predicted octanol–water partition coefficient (Wildman–Crippen LogP) is 2.57. The molecular weight excluding hydrogens is 266 g/mol. The van der Waals surface area contributed by atoms with E-state index in [0.29, 0.717) is 0 Å². The fourth-order valence-electron chi connectivity index (χ4n) is 2.54. The van der Waals surface area contributed by atoms with Crippen molar-refractivity contribution in [1.82, 2.24) is 15.2 Å². The lowest BCUT2D eigenvalue weighted by Crippen LogP contribution is -2.48. The van der Waals surface area contributed by atoms with Gasteiger partial charge in [-0.05, 0) is 57.9 Å². The maximum atomic E-state index is 11.8. The summed E-state index contributed by atoms with van der Waals surface area (Å²) in [6.45, 7) is 8.46. The summed E-state index contributed by atoms with van der Waals surface area (Å²) in [7, 11) is 0. The number of carbonyl (C=O) groups is 1. The number of alkyl carbamates (subject to hydrolysis) is 1. The fraction of sp³-hybridized carbons (Fsp3) is 0.625. The van der Waals surface area contributed by atoms with E-state index in [0.717, 1.165) is 32.5 Å². The Morgan fingerprint density at radius 2 is 2.14 bits per heavy atom. The standard InChI is InChI=1S/C16H25N3O2/c1-16(2,3)21-15(20)18-14-5-4-10-19(12-14)11-13-6-8-17-9-7-13/h6-9,14H,4-5,10-12H2,1-3H3,(H,18,20). The molecule has 1 N–H and O–H groups in total. The minimum Gasteiger partial charge on any atom is -0.444 e. The largest absolute Gasteiger partial charge is 0.444 e. The molecule has 1 aromatic heterocycles. The number of nitrogens with one attached hydrogen (secondary N) is 1. The molecule has 1 amide bonds. The van der Waals surface area contributed by atoms with Crippen LogP contribution >= 0.6 is 0 Å². The number of aromatic nitrogens is 1. The summed E-state index contributed by atoms with van der Waals surface area (Å²) in [5, 5.41) is 2.98. The molecule has 5 nitrogen and oxygen atoms in total. The third kappa shape index (κ3) is 5.71. The second-order valence-electron chi connectivity index (χ2n) is 6.58. The third-order valence-corrected chi connectivity index (χ3v) is 3.38. The van der Waals surface area contributed by atoms with Gasteiger partial charge in [0, 0.05) is 31.5 Å². The number of piperidine rings is 1. The van der Waals surface area contributed by atoms with Gasteiger partial charge in [0.15, 0.2) is 0 Å². The van der Waals surface area contributed by atoms with Crippen molar-refractivity contribution >= 4 is 6.09 Å². The highest BCUT2D eigenvalue weighted by atomic mass is 16.6. The second-order valence-corrected chi connectivity index (χ2v) is 6.58. The molecule has 1 fully saturated rings. The highest BCUT2D eigenvalue weighted by molar-refractivity contribution is 5.68. The molecule has 1 atom stereocenters. The van der Waals surface area contributed by atoms with Crippen LogP contribution < -0.4 is 5.32 Å². The van der Waals surface area contributed by atoms with E-state index in [1.807, 2.05) is 45.3 Å². The van der Waals surface area contributed by atoms with Crippen molar-refractivity contribution in [3.63, 3.8) is 0 Å². The maximum Gasteiger partial charge on any atom is 0.407 e. The van der Waals surface area contributed by atoms with Crippen LogP contribution in [0.5, 0.6) is 0 Å². The molecule has 1 aliphatic rings. The molecule has 1 unspecified atom stereocenters. The monoisotopic (exact) mass is 291 g/mol. The van der Waals surface area contributed by atoms with Gasteiger partial charge >= 0.3 is 6.09 Å². The minimum atomic E-state index is -0.449. The Balaban J connectivity index is 1.82. The van der Waals surface area contributed by atoms with Crippen molar-refractivity contribution in [2.45, 2.75) is 51.8 Å². The van der Waals surface area contributed by atoms with Gasteiger partial charge in [0.25, 0.3) is 0 Å². The van der Waals surface area contributed by atoms with Gasteiger partial charge < -0.3 is 10.1 Å². The van der Waals surface area contributed by atoms with E-state index in [2.05, 4.69) is 15.2 Å². The van der Waals surface area contributed by atoms with Gasteiger partial charge in [0.2, 0.25) is 0 Å². The van der Waals surface area contributed by atoms with Crippen molar-refractivity contribution in [1.29, 1.82) is 0 Å². The number of rotatable bonds is 3. The number of carbonyl (C=O) groups excluding carboxylic acids is 1. The predicted molar refractivity (Wildman–Crippen MR) is 81.9 cm³/mol. The zero-order chi connectivity index (χ0) is 15.3. The first-order valence-corrected chi connectivity index (χ1v) is 7.53. The van der Waals surface area contributed by atoms with Crippen molar-refractivity contribution < 1.29 is 9.53 Å². The van der Waals surface area contributed by atoms with Gasteiger partial charge in [0.1, 0.15) is 5.60 Å². The molecule has 0 aliphatic carbocycles. The number of hydrogen-bond donors (Lipinski definition) is 1. The summed E-state index contributed by atoms with van der Waals surface area (Å²) in [6, 6.07) is 4.23. The van der Waals surface area contributed by atoms with E-state index in [4.69, 9.17) is 4.74 Å². The fourth-order valence-corrected chi connectivity index (χ4v) is 2.54. The van der Waals surface area contributed by atoms with Crippen molar-refractivity contribution in [3.05, 3.63) is 30.1 Å². The Morgan fingerprint density at radius 1 is 1.43 bits per heavy atom. The third-order valence-electron chi connectivity index (χ3n) is 3.38. The van der Waals surface area contributed by atoms with Crippen molar-refractivity contribution in [2.24, 2.45) is 0 Å². The van der Waals surface area contributed by atoms with Crippen LogP contribution in [-0.4, -0.2) is 40.7 Å². The Labute approximate surface area is 126 Å². The van der Waals surface area contributed by atoms with Crippen LogP contribution in [-0.2, 0) is 11.3 Å².